The third kappa shape index (κ3) is 4.12. The lowest BCUT2D eigenvalue weighted by molar-refractivity contribution is -0.124. The highest BCUT2D eigenvalue weighted by Gasteiger charge is 2.43. The number of carbonyl (C=O) groups is 2. The van der Waals surface area contributed by atoms with Gasteiger partial charge in [0.05, 0.1) is 10.9 Å². The number of fused-ring (bicyclic) bond motifs is 3. The molecular weight excluding hydrogens is 451 g/mol. The number of nitrogens with zero attached hydrogens (tertiary/aromatic N) is 3. The summed E-state index contributed by atoms with van der Waals surface area (Å²) in [6, 6.07) is 21.9. The molecule has 2 atom stereocenters. The third-order valence-electron chi connectivity index (χ3n) is 5.61. The number of halogens is 1. The van der Waals surface area contributed by atoms with Gasteiger partial charge in [-0.05, 0) is 48.4 Å². The molecule has 0 spiro atoms. The van der Waals surface area contributed by atoms with E-state index >= 15 is 0 Å². The van der Waals surface area contributed by atoms with Gasteiger partial charge < -0.3 is 5.32 Å². The van der Waals surface area contributed by atoms with Gasteiger partial charge in [-0.1, -0.05) is 61.2 Å². The van der Waals surface area contributed by atoms with Crippen molar-refractivity contribution in [2.45, 2.75) is 24.6 Å². The van der Waals surface area contributed by atoms with E-state index < -0.39 is 11.3 Å². The summed E-state index contributed by atoms with van der Waals surface area (Å²) < 4.78 is 13.2. The minimum Gasteiger partial charge on any atom is -0.325 e. The predicted octanol–water partition coefficient (Wildman–Crippen LogP) is 5.31. The topological polar surface area (TPSA) is 74.1 Å². The Bertz CT molecular complexity index is 1310. The number of rotatable bonds is 5. The molecule has 0 aromatic heterocycles. The zero-order valence-corrected chi connectivity index (χ0v) is 19.1. The second-order valence-electron chi connectivity index (χ2n) is 7.86. The summed E-state index contributed by atoms with van der Waals surface area (Å²) in [6.45, 7) is 1.90. The van der Waals surface area contributed by atoms with E-state index in [-0.39, 0.29) is 17.6 Å². The summed E-state index contributed by atoms with van der Waals surface area (Å²) in [7, 11) is 0. The van der Waals surface area contributed by atoms with Crippen LogP contribution in [0.1, 0.15) is 30.5 Å². The molecule has 0 bridgehead atoms. The molecule has 2 aliphatic rings. The number of carbonyl (C=O) groups excluding carboxylic acids is 2. The molecule has 8 heteroatoms. The minimum absolute atomic E-state index is 0.198. The van der Waals surface area contributed by atoms with Crippen LogP contribution < -0.4 is 5.32 Å². The second kappa shape index (κ2) is 9.23. The standard InChI is InChI=1S/C26H21FN4O2S/c1-2-21(24(32)28-18-14-12-17(27)13-15-18)34-26-29-20-11-7-6-10-19(20)23-30-22(25(33)31(23)26)16-8-4-3-5-9-16/h3-15,21-22H,2H2,1H3,(H,28,32)/t21-,22+/m1/s1. The van der Waals surface area contributed by atoms with Gasteiger partial charge >= 0.3 is 0 Å². The van der Waals surface area contributed by atoms with Crippen LogP contribution in [-0.2, 0) is 9.59 Å². The van der Waals surface area contributed by atoms with Crippen molar-refractivity contribution in [1.82, 2.24) is 4.90 Å². The molecule has 0 unspecified atom stereocenters. The molecule has 0 aliphatic carbocycles. The normalized spacial score (nSPS) is 17.4. The molecule has 0 fully saturated rings. The van der Waals surface area contributed by atoms with Crippen LogP contribution >= 0.6 is 11.8 Å². The highest BCUT2D eigenvalue weighted by Crippen LogP contribution is 2.38. The van der Waals surface area contributed by atoms with Crippen molar-refractivity contribution in [2.24, 2.45) is 9.98 Å². The first-order chi connectivity index (χ1) is 16.5. The summed E-state index contributed by atoms with van der Waals surface area (Å²) in [5.74, 6) is -0.274. The summed E-state index contributed by atoms with van der Waals surface area (Å²) in [5.41, 5.74) is 2.79. The minimum atomic E-state index is -0.665. The molecule has 2 heterocycles. The molecular formula is C26H21FN4O2S. The summed E-state index contributed by atoms with van der Waals surface area (Å²) >= 11 is 1.23. The highest BCUT2D eigenvalue weighted by molar-refractivity contribution is 8.15. The molecule has 170 valence electrons. The SMILES string of the molecule is CC[C@@H](SC1=Nc2ccccc2C2=N[C@@H](c3ccccc3)C(=O)N12)C(=O)Nc1ccc(F)cc1. The maximum atomic E-state index is 13.5. The number of thioether (sulfide) groups is 1. The van der Waals surface area contributed by atoms with Crippen LogP contribution in [0.5, 0.6) is 0 Å². The van der Waals surface area contributed by atoms with Crippen molar-refractivity contribution < 1.29 is 14.0 Å². The Kier molecular flexibility index (Phi) is 5.98. The average molecular weight is 473 g/mol. The van der Waals surface area contributed by atoms with Crippen LogP contribution in [0.25, 0.3) is 0 Å². The van der Waals surface area contributed by atoms with Crippen LogP contribution in [-0.4, -0.2) is 33.0 Å². The molecule has 1 N–H and O–H groups in total. The van der Waals surface area contributed by atoms with Gasteiger partial charge in [0.2, 0.25) is 5.91 Å². The van der Waals surface area contributed by atoms with Gasteiger partial charge in [-0.15, -0.1) is 0 Å². The lowest BCUT2D eigenvalue weighted by Gasteiger charge is -2.27. The van der Waals surface area contributed by atoms with Crippen LogP contribution in [0.4, 0.5) is 15.8 Å². The first-order valence-corrected chi connectivity index (χ1v) is 11.8. The van der Waals surface area contributed by atoms with Crippen molar-refractivity contribution in [3.05, 3.63) is 95.8 Å². The Morgan fingerprint density at radius 1 is 1.06 bits per heavy atom. The first kappa shape index (κ1) is 22.0. The van der Waals surface area contributed by atoms with Crippen molar-refractivity contribution in [1.29, 1.82) is 0 Å². The zero-order valence-electron chi connectivity index (χ0n) is 18.3. The molecule has 34 heavy (non-hydrogen) atoms. The maximum Gasteiger partial charge on any atom is 0.263 e. The van der Waals surface area contributed by atoms with E-state index in [0.717, 1.165) is 11.1 Å². The Balaban J connectivity index is 1.45. The number of amidine groups is 2. The van der Waals surface area contributed by atoms with E-state index in [1.165, 1.54) is 40.9 Å². The van der Waals surface area contributed by atoms with Crippen LogP contribution in [0.3, 0.4) is 0 Å². The molecule has 0 radical (unpaired) electrons. The fourth-order valence-electron chi connectivity index (χ4n) is 3.89. The maximum absolute atomic E-state index is 13.5. The number of aliphatic imine (C=N–C) groups is 2. The lowest BCUT2D eigenvalue weighted by Crippen LogP contribution is -2.41. The van der Waals surface area contributed by atoms with E-state index in [2.05, 4.69) is 5.32 Å². The zero-order chi connectivity index (χ0) is 23.7. The quantitative estimate of drug-likeness (QED) is 0.547. The van der Waals surface area contributed by atoms with Gasteiger partial charge in [0.25, 0.3) is 5.91 Å². The van der Waals surface area contributed by atoms with Gasteiger partial charge in [-0.25, -0.2) is 19.3 Å². The van der Waals surface area contributed by atoms with E-state index in [0.29, 0.717) is 28.8 Å². The lowest BCUT2D eigenvalue weighted by atomic mass is 10.1. The Hall–Kier alpha value is -3.78. The molecule has 2 amide bonds. The number of nitrogens with one attached hydrogen (secondary N) is 1. The predicted molar refractivity (Wildman–Crippen MR) is 133 cm³/mol. The van der Waals surface area contributed by atoms with Gasteiger partial charge in [0, 0.05) is 11.3 Å². The average Bonchev–Trinajstić information content (AvgIpc) is 3.22. The van der Waals surface area contributed by atoms with E-state index in [1.54, 1.807) is 0 Å². The van der Waals surface area contributed by atoms with Crippen molar-refractivity contribution in [2.75, 3.05) is 5.32 Å². The molecule has 0 saturated heterocycles. The third-order valence-corrected chi connectivity index (χ3v) is 6.92. The van der Waals surface area contributed by atoms with Gasteiger partial charge in [-0.3, -0.25) is 9.59 Å². The van der Waals surface area contributed by atoms with Crippen molar-refractivity contribution >= 4 is 46.0 Å². The molecule has 6 nitrogen and oxygen atoms in total. The molecule has 5 rings (SSSR count). The van der Waals surface area contributed by atoms with Crippen molar-refractivity contribution in [3.8, 4) is 0 Å². The van der Waals surface area contributed by atoms with Crippen LogP contribution in [0.2, 0.25) is 0 Å². The fraction of sp³-hybridized carbons (Fsp3) is 0.154. The smallest absolute Gasteiger partial charge is 0.263 e. The van der Waals surface area contributed by atoms with Crippen LogP contribution in [0.15, 0.2) is 88.8 Å². The van der Waals surface area contributed by atoms with Gasteiger partial charge in [0.15, 0.2) is 11.2 Å². The van der Waals surface area contributed by atoms with E-state index in [1.807, 2.05) is 61.5 Å². The number of hydrogen-bond donors (Lipinski definition) is 1. The Morgan fingerprint density at radius 3 is 2.50 bits per heavy atom. The molecule has 3 aromatic carbocycles. The molecule has 3 aromatic rings. The number of amides is 2. The summed E-state index contributed by atoms with van der Waals surface area (Å²) in [4.78, 5) is 37.5. The number of para-hydroxylation sites is 1. The number of hydrogen-bond acceptors (Lipinski definition) is 5. The van der Waals surface area contributed by atoms with Crippen molar-refractivity contribution in [3.63, 3.8) is 0 Å². The molecule has 2 aliphatic heterocycles. The summed E-state index contributed by atoms with van der Waals surface area (Å²) in [5, 5.41) is 2.72. The van der Waals surface area contributed by atoms with E-state index in [4.69, 9.17) is 9.98 Å². The number of anilines is 1. The first-order valence-electron chi connectivity index (χ1n) is 10.9. The van der Waals surface area contributed by atoms with Crippen LogP contribution in [0, 0.1) is 5.82 Å². The fourth-order valence-corrected chi connectivity index (χ4v) is 4.91. The summed E-state index contributed by atoms with van der Waals surface area (Å²) in [6.07, 6.45) is 0.509. The van der Waals surface area contributed by atoms with Gasteiger partial charge in [0.1, 0.15) is 11.7 Å². The number of benzene rings is 3. The Labute approximate surface area is 200 Å². The highest BCUT2D eigenvalue weighted by atomic mass is 32.2. The Morgan fingerprint density at radius 2 is 1.76 bits per heavy atom. The van der Waals surface area contributed by atoms with Gasteiger partial charge in [-0.2, -0.15) is 0 Å². The second-order valence-corrected chi connectivity index (χ2v) is 9.03. The molecule has 0 saturated carbocycles. The van der Waals surface area contributed by atoms with E-state index in [9.17, 15) is 14.0 Å². The monoisotopic (exact) mass is 472 g/mol. The largest absolute Gasteiger partial charge is 0.325 e.